The fourth-order valence-corrected chi connectivity index (χ4v) is 2.53. The van der Waals surface area contributed by atoms with Crippen LogP contribution in [0.25, 0.3) is 0 Å². The SMILES string of the molecule is CCc1ccc(C(=O)Oc2ccccc2)c(NC(=O)c2ccccc2)c1. The van der Waals surface area contributed by atoms with Gasteiger partial charge in [-0.25, -0.2) is 4.79 Å². The van der Waals surface area contributed by atoms with Gasteiger partial charge in [0.15, 0.2) is 0 Å². The highest BCUT2D eigenvalue weighted by atomic mass is 16.5. The van der Waals surface area contributed by atoms with Gasteiger partial charge in [0.2, 0.25) is 0 Å². The largest absolute Gasteiger partial charge is 0.423 e. The molecule has 0 aromatic heterocycles. The minimum absolute atomic E-state index is 0.271. The average molecular weight is 345 g/mol. The summed E-state index contributed by atoms with van der Waals surface area (Å²) in [4.78, 5) is 25.1. The Labute approximate surface area is 152 Å². The van der Waals surface area contributed by atoms with Gasteiger partial charge in [-0.1, -0.05) is 49.4 Å². The van der Waals surface area contributed by atoms with Crippen LogP contribution in [0.2, 0.25) is 0 Å². The summed E-state index contributed by atoms with van der Waals surface area (Å²) in [6.07, 6.45) is 0.794. The molecule has 0 aliphatic heterocycles. The first kappa shape index (κ1) is 17.4. The number of benzene rings is 3. The van der Waals surface area contributed by atoms with Gasteiger partial charge in [0.25, 0.3) is 5.91 Å². The van der Waals surface area contributed by atoms with E-state index in [1.165, 1.54) is 0 Å². The van der Waals surface area contributed by atoms with Crippen LogP contribution in [0, 0.1) is 0 Å². The lowest BCUT2D eigenvalue weighted by Gasteiger charge is -2.12. The van der Waals surface area contributed by atoms with Crippen LogP contribution in [0.3, 0.4) is 0 Å². The molecule has 0 aliphatic carbocycles. The maximum absolute atomic E-state index is 12.6. The highest BCUT2D eigenvalue weighted by Crippen LogP contribution is 2.22. The maximum atomic E-state index is 12.6. The van der Waals surface area contributed by atoms with Crippen molar-refractivity contribution < 1.29 is 14.3 Å². The van der Waals surface area contributed by atoms with Crippen LogP contribution < -0.4 is 10.1 Å². The molecule has 4 nitrogen and oxygen atoms in total. The molecule has 1 amide bonds. The highest BCUT2D eigenvalue weighted by molar-refractivity contribution is 6.08. The maximum Gasteiger partial charge on any atom is 0.345 e. The normalized spacial score (nSPS) is 10.2. The van der Waals surface area contributed by atoms with Crippen molar-refractivity contribution in [3.63, 3.8) is 0 Å². The quantitative estimate of drug-likeness (QED) is 0.538. The Morgan fingerprint density at radius 1 is 0.885 bits per heavy atom. The zero-order chi connectivity index (χ0) is 18.4. The lowest BCUT2D eigenvalue weighted by Crippen LogP contribution is -2.17. The Morgan fingerprint density at radius 3 is 2.19 bits per heavy atom. The Hall–Kier alpha value is -3.40. The molecule has 0 spiro atoms. The average Bonchev–Trinajstić information content (AvgIpc) is 2.69. The first-order valence-corrected chi connectivity index (χ1v) is 8.44. The summed E-state index contributed by atoms with van der Waals surface area (Å²) in [6.45, 7) is 2.01. The summed E-state index contributed by atoms with van der Waals surface area (Å²) in [5, 5.41) is 2.83. The van der Waals surface area contributed by atoms with Crippen molar-refractivity contribution in [1.29, 1.82) is 0 Å². The van der Waals surface area contributed by atoms with Crippen molar-refractivity contribution in [3.05, 3.63) is 95.6 Å². The number of rotatable bonds is 5. The number of nitrogens with one attached hydrogen (secondary N) is 1. The van der Waals surface area contributed by atoms with Crippen molar-refractivity contribution in [2.75, 3.05) is 5.32 Å². The molecule has 4 heteroatoms. The molecular weight excluding hydrogens is 326 g/mol. The highest BCUT2D eigenvalue weighted by Gasteiger charge is 2.17. The van der Waals surface area contributed by atoms with Gasteiger partial charge in [0.1, 0.15) is 5.75 Å². The minimum atomic E-state index is -0.512. The number of para-hydroxylation sites is 1. The van der Waals surface area contributed by atoms with Crippen molar-refractivity contribution >= 4 is 17.6 Å². The Kier molecular flexibility index (Phi) is 5.44. The molecule has 0 saturated heterocycles. The second-order valence-electron chi connectivity index (χ2n) is 5.76. The molecule has 0 aliphatic rings. The van der Waals surface area contributed by atoms with Crippen molar-refractivity contribution in [3.8, 4) is 5.75 Å². The summed E-state index contributed by atoms with van der Waals surface area (Å²) in [7, 11) is 0. The first-order chi connectivity index (χ1) is 12.7. The molecule has 26 heavy (non-hydrogen) atoms. The van der Waals surface area contributed by atoms with Crippen LogP contribution >= 0.6 is 0 Å². The molecule has 1 N–H and O–H groups in total. The fraction of sp³-hybridized carbons (Fsp3) is 0.0909. The molecule has 3 rings (SSSR count). The van der Waals surface area contributed by atoms with Crippen LogP contribution in [0.4, 0.5) is 5.69 Å². The molecule has 0 heterocycles. The van der Waals surface area contributed by atoms with E-state index in [1.807, 2.05) is 31.2 Å². The molecule has 0 saturated carbocycles. The number of esters is 1. The van der Waals surface area contributed by atoms with Gasteiger partial charge in [0, 0.05) is 5.56 Å². The van der Waals surface area contributed by atoms with E-state index in [-0.39, 0.29) is 5.91 Å². The van der Waals surface area contributed by atoms with Gasteiger partial charge in [-0.15, -0.1) is 0 Å². The lowest BCUT2D eigenvalue weighted by atomic mass is 10.1. The van der Waals surface area contributed by atoms with Crippen molar-refractivity contribution in [1.82, 2.24) is 0 Å². The summed E-state index contributed by atoms with van der Waals surface area (Å²) in [6, 6.07) is 23.1. The van der Waals surface area contributed by atoms with E-state index in [9.17, 15) is 9.59 Å². The molecule has 3 aromatic carbocycles. The number of anilines is 1. The number of carbonyl (C=O) groups is 2. The number of hydrogen-bond donors (Lipinski definition) is 1. The van der Waals surface area contributed by atoms with Crippen LogP contribution in [-0.4, -0.2) is 11.9 Å². The van der Waals surface area contributed by atoms with Crippen LogP contribution in [0.1, 0.15) is 33.2 Å². The Morgan fingerprint density at radius 2 is 1.54 bits per heavy atom. The first-order valence-electron chi connectivity index (χ1n) is 8.44. The molecule has 3 aromatic rings. The predicted octanol–water partition coefficient (Wildman–Crippen LogP) is 4.72. The third-order valence-corrected chi connectivity index (χ3v) is 3.95. The van der Waals surface area contributed by atoms with E-state index in [4.69, 9.17) is 4.74 Å². The number of carbonyl (C=O) groups excluding carboxylic acids is 2. The van der Waals surface area contributed by atoms with Gasteiger partial charge >= 0.3 is 5.97 Å². The molecule has 0 unspecified atom stereocenters. The zero-order valence-corrected chi connectivity index (χ0v) is 14.4. The minimum Gasteiger partial charge on any atom is -0.423 e. The third kappa shape index (κ3) is 4.16. The van der Waals surface area contributed by atoms with E-state index in [2.05, 4.69) is 5.32 Å². The molecule has 0 bridgehead atoms. The molecule has 0 fully saturated rings. The zero-order valence-electron chi connectivity index (χ0n) is 14.4. The standard InChI is InChI=1S/C22H19NO3/c1-2-16-13-14-19(22(25)26-18-11-7-4-8-12-18)20(15-16)23-21(24)17-9-5-3-6-10-17/h3-15H,2H2,1H3,(H,23,24). The smallest absolute Gasteiger partial charge is 0.345 e. The second-order valence-corrected chi connectivity index (χ2v) is 5.76. The summed E-state index contributed by atoms with van der Waals surface area (Å²) >= 11 is 0. The third-order valence-electron chi connectivity index (χ3n) is 3.95. The number of amides is 1. The monoisotopic (exact) mass is 345 g/mol. The van der Waals surface area contributed by atoms with Gasteiger partial charge in [-0.2, -0.15) is 0 Å². The summed E-state index contributed by atoms with van der Waals surface area (Å²) in [5.41, 5.74) is 2.30. The number of aryl methyl sites for hydroxylation is 1. The van der Waals surface area contributed by atoms with Gasteiger partial charge in [-0.05, 0) is 48.4 Å². The fourth-order valence-electron chi connectivity index (χ4n) is 2.53. The number of hydrogen-bond acceptors (Lipinski definition) is 3. The Bertz CT molecular complexity index is 905. The molecule has 130 valence electrons. The van der Waals surface area contributed by atoms with E-state index in [0.717, 1.165) is 12.0 Å². The van der Waals surface area contributed by atoms with E-state index < -0.39 is 5.97 Å². The van der Waals surface area contributed by atoms with Crippen molar-refractivity contribution in [2.24, 2.45) is 0 Å². The van der Waals surface area contributed by atoms with Crippen molar-refractivity contribution in [2.45, 2.75) is 13.3 Å². The molecule has 0 radical (unpaired) electrons. The number of ether oxygens (including phenoxy) is 1. The predicted molar refractivity (Wildman–Crippen MR) is 102 cm³/mol. The van der Waals surface area contributed by atoms with Gasteiger partial charge < -0.3 is 10.1 Å². The summed E-state index contributed by atoms with van der Waals surface area (Å²) < 4.78 is 5.41. The molecular formula is C22H19NO3. The lowest BCUT2D eigenvalue weighted by molar-refractivity contribution is 0.0736. The van der Waals surface area contributed by atoms with Crippen LogP contribution in [0.15, 0.2) is 78.9 Å². The van der Waals surface area contributed by atoms with E-state index in [0.29, 0.717) is 22.6 Å². The van der Waals surface area contributed by atoms with E-state index in [1.54, 1.807) is 54.6 Å². The second kappa shape index (κ2) is 8.12. The molecule has 0 atom stereocenters. The van der Waals surface area contributed by atoms with E-state index >= 15 is 0 Å². The topological polar surface area (TPSA) is 55.4 Å². The van der Waals surface area contributed by atoms with Gasteiger partial charge in [0.05, 0.1) is 11.3 Å². The Balaban J connectivity index is 1.88. The van der Waals surface area contributed by atoms with Gasteiger partial charge in [-0.3, -0.25) is 4.79 Å². The van der Waals surface area contributed by atoms with Crippen LogP contribution in [0.5, 0.6) is 5.75 Å². The van der Waals surface area contributed by atoms with Crippen LogP contribution in [-0.2, 0) is 6.42 Å². The summed E-state index contributed by atoms with van der Waals surface area (Å²) in [5.74, 6) is -0.327.